The molecule has 106 valence electrons. The minimum Gasteiger partial charge on any atom is -0.317 e. The number of fused-ring (bicyclic) bond motifs is 1. The van der Waals surface area contributed by atoms with Crippen molar-refractivity contribution in [3.05, 3.63) is 44.1 Å². The molecule has 1 N–H and O–H groups in total. The van der Waals surface area contributed by atoms with Crippen LogP contribution in [0.15, 0.2) is 27.8 Å². The number of aryl methyl sites for hydroxylation is 1. The zero-order valence-electron chi connectivity index (χ0n) is 11.2. The molecule has 0 aliphatic carbocycles. The molecule has 1 aromatic carbocycles. The van der Waals surface area contributed by atoms with Gasteiger partial charge in [0.1, 0.15) is 0 Å². The monoisotopic (exact) mass is 293 g/mol. The summed E-state index contributed by atoms with van der Waals surface area (Å²) in [5.74, 6) is 0. The number of rotatable bonds is 1. The van der Waals surface area contributed by atoms with Gasteiger partial charge in [0.2, 0.25) is 0 Å². The van der Waals surface area contributed by atoms with Gasteiger partial charge < -0.3 is 5.32 Å². The molecule has 20 heavy (non-hydrogen) atoms. The van der Waals surface area contributed by atoms with Crippen molar-refractivity contribution < 1.29 is 0 Å². The Morgan fingerprint density at radius 2 is 1.95 bits per heavy atom. The van der Waals surface area contributed by atoms with Gasteiger partial charge in [0.15, 0.2) is 0 Å². The van der Waals surface area contributed by atoms with Crippen LogP contribution in [0, 0.1) is 0 Å². The molecule has 0 saturated carbocycles. The number of halogens is 1. The summed E-state index contributed by atoms with van der Waals surface area (Å²) in [4.78, 5) is 25.1. The van der Waals surface area contributed by atoms with Crippen LogP contribution < -0.4 is 16.6 Å². The first-order chi connectivity index (χ1) is 9.61. The highest BCUT2D eigenvalue weighted by Gasteiger charge is 2.21. The van der Waals surface area contributed by atoms with E-state index in [0.29, 0.717) is 15.9 Å². The maximum Gasteiger partial charge on any atom is 0.331 e. The standard InChI is InChI=1S/C14H16ClN3O2/c1-17-12-10(3-2-4-11(12)15)13(19)18(14(17)20)9-5-7-16-8-6-9/h2-4,9,16H,5-8H2,1H3. The van der Waals surface area contributed by atoms with Crippen LogP contribution in [-0.4, -0.2) is 22.2 Å². The Hall–Kier alpha value is -1.59. The minimum absolute atomic E-state index is 0.0363. The lowest BCUT2D eigenvalue weighted by molar-refractivity contribution is 0.347. The van der Waals surface area contributed by atoms with E-state index in [1.807, 2.05) is 0 Å². The summed E-state index contributed by atoms with van der Waals surface area (Å²) >= 11 is 6.13. The Kier molecular flexibility index (Phi) is 3.40. The van der Waals surface area contributed by atoms with E-state index in [0.717, 1.165) is 25.9 Å². The van der Waals surface area contributed by atoms with Crippen LogP contribution in [0.2, 0.25) is 5.02 Å². The number of nitrogens with zero attached hydrogens (tertiary/aromatic N) is 2. The maximum absolute atomic E-state index is 12.6. The van der Waals surface area contributed by atoms with Crippen LogP contribution in [0.3, 0.4) is 0 Å². The highest BCUT2D eigenvalue weighted by molar-refractivity contribution is 6.35. The topological polar surface area (TPSA) is 56.0 Å². The normalized spacial score (nSPS) is 16.7. The van der Waals surface area contributed by atoms with Crippen LogP contribution in [0.4, 0.5) is 0 Å². The van der Waals surface area contributed by atoms with Crippen molar-refractivity contribution in [3.8, 4) is 0 Å². The van der Waals surface area contributed by atoms with Crippen molar-refractivity contribution in [3.63, 3.8) is 0 Å². The molecular weight excluding hydrogens is 278 g/mol. The number of piperidine rings is 1. The molecule has 0 spiro atoms. The minimum atomic E-state index is -0.289. The lowest BCUT2D eigenvalue weighted by Gasteiger charge is -2.25. The summed E-state index contributed by atoms with van der Waals surface area (Å²) in [6.07, 6.45) is 1.59. The fraction of sp³-hybridized carbons (Fsp3) is 0.429. The SMILES string of the molecule is Cn1c(=O)n(C2CCNCC2)c(=O)c2cccc(Cl)c21. The Balaban J connectivity index is 2.34. The second-order valence-corrected chi connectivity index (χ2v) is 5.54. The van der Waals surface area contributed by atoms with Crippen molar-refractivity contribution in [1.82, 2.24) is 14.5 Å². The Morgan fingerprint density at radius 1 is 1.25 bits per heavy atom. The third-order valence-corrected chi connectivity index (χ3v) is 4.24. The van der Waals surface area contributed by atoms with Gasteiger partial charge in [-0.05, 0) is 38.1 Å². The fourth-order valence-corrected chi connectivity index (χ4v) is 3.19. The summed E-state index contributed by atoms with van der Waals surface area (Å²) in [5.41, 5.74) is -0.0191. The predicted molar refractivity (Wildman–Crippen MR) is 79.6 cm³/mol. The van der Waals surface area contributed by atoms with Crippen LogP contribution in [0.25, 0.3) is 10.9 Å². The first kappa shape index (κ1) is 13.4. The lowest BCUT2D eigenvalue weighted by atomic mass is 10.1. The number of nitrogens with one attached hydrogen (secondary N) is 1. The van der Waals surface area contributed by atoms with Gasteiger partial charge in [-0.2, -0.15) is 0 Å². The smallest absolute Gasteiger partial charge is 0.317 e. The second-order valence-electron chi connectivity index (χ2n) is 5.13. The van der Waals surface area contributed by atoms with Crippen molar-refractivity contribution in [2.75, 3.05) is 13.1 Å². The van der Waals surface area contributed by atoms with Crippen molar-refractivity contribution >= 4 is 22.5 Å². The van der Waals surface area contributed by atoms with Crippen LogP contribution >= 0.6 is 11.6 Å². The third kappa shape index (κ3) is 1.98. The molecule has 3 rings (SSSR count). The molecule has 2 heterocycles. The van der Waals surface area contributed by atoms with E-state index in [1.165, 1.54) is 9.13 Å². The zero-order chi connectivity index (χ0) is 14.3. The quantitative estimate of drug-likeness (QED) is 0.862. The summed E-state index contributed by atoms with van der Waals surface area (Å²) < 4.78 is 2.86. The van der Waals surface area contributed by atoms with Gasteiger partial charge in [0, 0.05) is 13.1 Å². The van der Waals surface area contributed by atoms with Gasteiger partial charge >= 0.3 is 5.69 Å². The summed E-state index contributed by atoms with van der Waals surface area (Å²) in [6.45, 7) is 1.65. The van der Waals surface area contributed by atoms with E-state index in [9.17, 15) is 9.59 Å². The zero-order valence-corrected chi connectivity index (χ0v) is 12.0. The number of hydrogen-bond acceptors (Lipinski definition) is 3. The van der Waals surface area contributed by atoms with E-state index in [-0.39, 0.29) is 17.3 Å². The molecule has 0 unspecified atom stereocenters. The molecule has 0 amide bonds. The van der Waals surface area contributed by atoms with Gasteiger partial charge in [-0.3, -0.25) is 13.9 Å². The molecule has 0 radical (unpaired) electrons. The van der Waals surface area contributed by atoms with E-state index >= 15 is 0 Å². The van der Waals surface area contributed by atoms with E-state index in [2.05, 4.69) is 5.32 Å². The number of para-hydroxylation sites is 1. The first-order valence-corrected chi connectivity index (χ1v) is 7.09. The molecule has 1 aliphatic heterocycles. The summed E-state index contributed by atoms with van der Waals surface area (Å²) in [5, 5.41) is 4.16. The number of benzene rings is 1. The molecule has 6 heteroatoms. The largest absolute Gasteiger partial charge is 0.331 e. The van der Waals surface area contributed by atoms with Crippen molar-refractivity contribution in [2.45, 2.75) is 18.9 Å². The second kappa shape index (κ2) is 5.07. The highest BCUT2D eigenvalue weighted by Crippen LogP contribution is 2.21. The van der Waals surface area contributed by atoms with Crippen LogP contribution in [-0.2, 0) is 7.05 Å². The highest BCUT2D eigenvalue weighted by atomic mass is 35.5. The van der Waals surface area contributed by atoms with Crippen LogP contribution in [0.1, 0.15) is 18.9 Å². The third-order valence-electron chi connectivity index (χ3n) is 3.94. The molecule has 1 aliphatic rings. The van der Waals surface area contributed by atoms with Gasteiger partial charge in [0.25, 0.3) is 5.56 Å². The Labute approximate surface area is 120 Å². The Morgan fingerprint density at radius 3 is 2.65 bits per heavy atom. The summed E-state index contributed by atoms with van der Waals surface area (Å²) in [7, 11) is 1.66. The number of hydrogen-bond donors (Lipinski definition) is 1. The van der Waals surface area contributed by atoms with Gasteiger partial charge in [-0.25, -0.2) is 4.79 Å². The predicted octanol–water partition coefficient (Wildman–Crippen LogP) is 1.28. The van der Waals surface area contributed by atoms with E-state index < -0.39 is 0 Å². The average Bonchev–Trinajstić information content (AvgIpc) is 2.46. The molecule has 0 bridgehead atoms. The van der Waals surface area contributed by atoms with Gasteiger partial charge in [0.05, 0.1) is 15.9 Å². The molecule has 0 atom stereocenters. The lowest BCUT2D eigenvalue weighted by Crippen LogP contribution is -2.44. The Bertz CT molecular complexity index is 772. The van der Waals surface area contributed by atoms with E-state index in [4.69, 9.17) is 11.6 Å². The van der Waals surface area contributed by atoms with Crippen molar-refractivity contribution in [2.24, 2.45) is 7.05 Å². The van der Waals surface area contributed by atoms with Crippen LogP contribution in [0.5, 0.6) is 0 Å². The molecule has 2 aromatic rings. The fourth-order valence-electron chi connectivity index (χ4n) is 2.89. The molecule has 5 nitrogen and oxygen atoms in total. The van der Waals surface area contributed by atoms with Gasteiger partial charge in [-0.15, -0.1) is 0 Å². The van der Waals surface area contributed by atoms with Gasteiger partial charge in [-0.1, -0.05) is 17.7 Å². The maximum atomic E-state index is 12.6. The van der Waals surface area contributed by atoms with Crippen molar-refractivity contribution in [1.29, 1.82) is 0 Å². The molecular formula is C14H16ClN3O2. The summed E-state index contributed by atoms with van der Waals surface area (Å²) in [6, 6.07) is 5.12. The molecule has 1 saturated heterocycles. The molecule has 1 fully saturated rings. The molecule has 1 aromatic heterocycles. The van der Waals surface area contributed by atoms with E-state index in [1.54, 1.807) is 25.2 Å². The average molecular weight is 294 g/mol. The first-order valence-electron chi connectivity index (χ1n) is 6.71. The number of aromatic nitrogens is 2.